The standard InChI is InChI=1S/C18H29NO/c1-3-14-20-17-13-9-8-12-16(17)18(19-2)15-10-6-4-5-7-11-15/h8-9,12-13,15,18-19H,3-7,10-11,14H2,1-2H3. The summed E-state index contributed by atoms with van der Waals surface area (Å²) in [6.45, 7) is 2.96. The molecule has 0 bridgehead atoms. The molecular formula is C18H29NO. The van der Waals surface area contributed by atoms with Gasteiger partial charge in [-0.05, 0) is 38.3 Å². The monoisotopic (exact) mass is 275 g/mol. The molecule has 2 rings (SSSR count). The van der Waals surface area contributed by atoms with E-state index in [0.717, 1.165) is 24.7 Å². The molecule has 1 aromatic rings. The van der Waals surface area contributed by atoms with Crippen LogP contribution in [0.3, 0.4) is 0 Å². The second-order valence-corrected chi connectivity index (χ2v) is 5.90. The number of nitrogens with one attached hydrogen (secondary N) is 1. The molecule has 0 heterocycles. The summed E-state index contributed by atoms with van der Waals surface area (Å²) in [7, 11) is 2.09. The average molecular weight is 275 g/mol. The van der Waals surface area contributed by atoms with Crippen LogP contribution in [0.25, 0.3) is 0 Å². The highest BCUT2D eigenvalue weighted by Crippen LogP contribution is 2.37. The van der Waals surface area contributed by atoms with E-state index in [1.807, 2.05) is 0 Å². The van der Waals surface area contributed by atoms with Crippen LogP contribution in [-0.2, 0) is 0 Å². The van der Waals surface area contributed by atoms with Gasteiger partial charge in [-0.15, -0.1) is 0 Å². The fourth-order valence-corrected chi connectivity index (χ4v) is 3.37. The Morgan fingerprint density at radius 3 is 2.50 bits per heavy atom. The van der Waals surface area contributed by atoms with Crippen molar-refractivity contribution in [3.63, 3.8) is 0 Å². The summed E-state index contributed by atoms with van der Waals surface area (Å²) in [5, 5.41) is 3.55. The minimum absolute atomic E-state index is 0.432. The van der Waals surface area contributed by atoms with Gasteiger partial charge in [0, 0.05) is 11.6 Å². The van der Waals surface area contributed by atoms with E-state index < -0.39 is 0 Å². The number of rotatable bonds is 6. The van der Waals surface area contributed by atoms with E-state index in [1.165, 1.54) is 44.1 Å². The Hall–Kier alpha value is -1.02. The molecule has 1 saturated carbocycles. The first-order chi connectivity index (χ1) is 9.86. The van der Waals surface area contributed by atoms with Crippen LogP contribution in [0.5, 0.6) is 5.75 Å². The van der Waals surface area contributed by atoms with Gasteiger partial charge in [0.25, 0.3) is 0 Å². The molecule has 1 unspecified atom stereocenters. The first-order valence-corrected chi connectivity index (χ1v) is 8.25. The van der Waals surface area contributed by atoms with Gasteiger partial charge in [-0.1, -0.05) is 50.8 Å². The molecule has 2 heteroatoms. The Morgan fingerprint density at radius 2 is 1.85 bits per heavy atom. The van der Waals surface area contributed by atoms with Gasteiger partial charge in [0.2, 0.25) is 0 Å². The molecule has 1 aromatic carbocycles. The summed E-state index contributed by atoms with van der Waals surface area (Å²) in [4.78, 5) is 0. The Balaban J connectivity index is 2.16. The molecule has 0 radical (unpaired) electrons. The molecule has 0 amide bonds. The van der Waals surface area contributed by atoms with Crippen LogP contribution in [0.15, 0.2) is 24.3 Å². The summed E-state index contributed by atoms with van der Waals surface area (Å²) in [6, 6.07) is 8.99. The summed E-state index contributed by atoms with van der Waals surface area (Å²) in [5.74, 6) is 1.81. The second kappa shape index (κ2) is 8.31. The van der Waals surface area contributed by atoms with E-state index >= 15 is 0 Å². The van der Waals surface area contributed by atoms with Gasteiger partial charge in [0.1, 0.15) is 5.75 Å². The predicted molar refractivity (Wildman–Crippen MR) is 85.2 cm³/mol. The van der Waals surface area contributed by atoms with Gasteiger partial charge in [-0.25, -0.2) is 0 Å². The van der Waals surface area contributed by atoms with Crippen molar-refractivity contribution in [3.05, 3.63) is 29.8 Å². The van der Waals surface area contributed by atoms with Crippen LogP contribution in [0.4, 0.5) is 0 Å². The molecule has 0 aromatic heterocycles. The van der Waals surface area contributed by atoms with Gasteiger partial charge in [0.05, 0.1) is 6.61 Å². The summed E-state index contributed by atoms with van der Waals surface area (Å²) in [6.07, 6.45) is 9.30. The number of hydrogen-bond acceptors (Lipinski definition) is 2. The minimum Gasteiger partial charge on any atom is -0.493 e. The predicted octanol–water partition coefficient (Wildman–Crippen LogP) is 4.71. The molecule has 1 atom stereocenters. The first kappa shape index (κ1) is 15.4. The zero-order valence-corrected chi connectivity index (χ0v) is 13.0. The molecule has 1 aliphatic carbocycles. The lowest BCUT2D eigenvalue weighted by molar-refractivity contribution is 0.293. The molecule has 1 fully saturated rings. The van der Waals surface area contributed by atoms with Gasteiger partial charge in [-0.2, -0.15) is 0 Å². The van der Waals surface area contributed by atoms with Crippen molar-refractivity contribution in [2.45, 2.75) is 57.9 Å². The molecule has 20 heavy (non-hydrogen) atoms. The van der Waals surface area contributed by atoms with E-state index in [0.29, 0.717) is 6.04 Å². The molecule has 0 spiro atoms. The third kappa shape index (κ3) is 3.99. The quantitative estimate of drug-likeness (QED) is 0.759. The lowest BCUT2D eigenvalue weighted by atomic mass is 9.87. The second-order valence-electron chi connectivity index (χ2n) is 5.90. The van der Waals surface area contributed by atoms with E-state index in [4.69, 9.17) is 4.74 Å². The Kier molecular flexibility index (Phi) is 6.38. The van der Waals surface area contributed by atoms with Gasteiger partial charge >= 0.3 is 0 Å². The summed E-state index contributed by atoms with van der Waals surface area (Å²) < 4.78 is 5.95. The Morgan fingerprint density at radius 1 is 1.15 bits per heavy atom. The molecular weight excluding hydrogens is 246 g/mol. The third-order valence-corrected chi connectivity index (χ3v) is 4.40. The normalized spacial score (nSPS) is 18.5. The van der Waals surface area contributed by atoms with Crippen LogP contribution >= 0.6 is 0 Å². The van der Waals surface area contributed by atoms with Crippen molar-refractivity contribution in [3.8, 4) is 5.75 Å². The molecule has 0 saturated heterocycles. The van der Waals surface area contributed by atoms with Gasteiger partial charge in [-0.3, -0.25) is 0 Å². The largest absolute Gasteiger partial charge is 0.493 e. The molecule has 0 aliphatic heterocycles. The van der Waals surface area contributed by atoms with Crippen LogP contribution in [0.1, 0.15) is 63.5 Å². The molecule has 2 nitrogen and oxygen atoms in total. The maximum atomic E-state index is 5.95. The fourth-order valence-electron chi connectivity index (χ4n) is 3.37. The summed E-state index contributed by atoms with van der Waals surface area (Å²) in [5.41, 5.74) is 1.34. The number of ether oxygens (including phenoxy) is 1. The zero-order valence-electron chi connectivity index (χ0n) is 13.0. The van der Waals surface area contributed by atoms with Crippen LogP contribution in [-0.4, -0.2) is 13.7 Å². The van der Waals surface area contributed by atoms with Crippen molar-refractivity contribution >= 4 is 0 Å². The van der Waals surface area contributed by atoms with Crippen molar-refractivity contribution in [2.75, 3.05) is 13.7 Å². The fraction of sp³-hybridized carbons (Fsp3) is 0.667. The van der Waals surface area contributed by atoms with E-state index in [-0.39, 0.29) is 0 Å². The third-order valence-electron chi connectivity index (χ3n) is 4.40. The Labute approximate surface area is 123 Å². The zero-order chi connectivity index (χ0) is 14.2. The van der Waals surface area contributed by atoms with Gasteiger partial charge < -0.3 is 10.1 Å². The highest BCUT2D eigenvalue weighted by atomic mass is 16.5. The van der Waals surface area contributed by atoms with Crippen LogP contribution in [0, 0.1) is 5.92 Å². The smallest absolute Gasteiger partial charge is 0.124 e. The van der Waals surface area contributed by atoms with Crippen molar-refractivity contribution < 1.29 is 4.74 Å². The maximum Gasteiger partial charge on any atom is 0.124 e. The number of benzene rings is 1. The van der Waals surface area contributed by atoms with E-state index in [9.17, 15) is 0 Å². The lowest BCUT2D eigenvalue weighted by Crippen LogP contribution is -2.25. The number of hydrogen-bond donors (Lipinski definition) is 1. The van der Waals surface area contributed by atoms with Gasteiger partial charge in [0.15, 0.2) is 0 Å². The summed E-state index contributed by atoms with van der Waals surface area (Å²) >= 11 is 0. The minimum atomic E-state index is 0.432. The lowest BCUT2D eigenvalue weighted by Gasteiger charge is -2.28. The molecule has 112 valence electrons. The van der Waals surface area contributed by atoms with Crippen molar-refractivity contribution in [1.82, 2.24) is 5.32 Å². The van der Waals surface area contributed by atoms with Crippen molar-refractivity contribution in [1.29, 1.82) is 0 Å². The van der Waals surface area contributed by atoms with E-state index in [1.54, 1.807) is 0 Å². The molecule has 1 aliphatic rings. The topological polar surface area (TPSA) is 21.3 Å². The van der Waals surface area contributed by atoms with E-state index in [2.05, 4.69) is 43.6 Å². The first-order valence-electron chi connectivity index (χ1n) is 8.25. The highest BCUT2D eigenvalue weighted by Gasteiger charge is 2.25. The number of para-hydroxylation sites is 1. The highest BCUT2D eigenvalue weighted by molar-refractivity contribution is 5.36. The van der Waals surface area contributed by atoms with Crippen LogP contribution < -0.4 is 10.1 Å². The maximum absolute atomic E-state index is 5.95. The average Bonchev–Trinajstić information content (AvgIpc) is 2.76. The van der Waals surface area contributed by atoms with Crippen molar-refractivity contribution in [2.24, 2.45) is 5.92 Å². The van der Waals surface area contributed by atoms with Crippen LogP contribution in [0.2, 0.25) is 0 Å². The SMILES string of the molecule is CCCOc1ccccc1C(NC)C1CCCCCC1. The Bertz CT molecular complexity index is 383. The molecule has 1 N–H and O–H groups in total.